The first-order chi connectivity index (χ1) is 8.24. The Kier molecular flexibility index (Phi) is 3.81. The fraction of sp³-hybridized carbons (Fsp3) is 0.250. The number of aryl methyl sites for hydroxylation is 2. The van der Waals surface area contributed by atoms with Gasteiger partial charge in [0.15, 0.2) is 0 Å². The van der Waals surface area contributed by atoms with Crippen molar-refractivity contribution in [3.05, 3.63) is 65.2 Å². The lowest BCUT2D eigenvalue weighted by Gasteiger charge is -2.07. The third-order valence-corrected chi connectivity index (χ3v) is 2.77. The molecule has 17 heavy (non-hydrogen) atoms. The second-order valence-corrected chi connectivity index (χ2v) is 4.40. The summed E-state index contributed by atoms with van der Waals surface area (Å²) >= 11 is 0. The van der Waals surface area contributed by atoms with Crippen molar-refractivity contribution < 1.29 is 4.74 Å². The van der Waals surface area contributed by atoms with Gasteiger partial charge in [0.1, 0.15) is 5.75 Å². The van der Waals surface area contributed by atoms with Crippen molar-refractivity contribution >= 4 is 0 Å². The lowest BCUT2D eigenvalue weighted by molar-refractivity contribution is 0.322. The van der Waals surface area contributed by atoms with Gasteiger partial charge in [0, 0.05) is 6.42 Å². The molecule has 2 rings (SSSR count). The number of hydrogen-bond acceptors (Lipinski definition) is 1. The summed E-state index contributed by atoms with van der Waals surface area (Å²) in [4.78, 5) is 0. The highest BCUT2D eigenvalue weighted by Crippen LogP contribution is 2.13. The maximum absolute atomic E-state index is 5.72. The topological polar surface area (TPSA) is 9.23 Å². The van der Waals surface area contributed by atoms with Gasteiger partial charge in [-0.1, -0.05) is 42.0 Å². The molecule has 0 saturated carbocycles. The average molecular weight is 226 g/mol. The highest BCUT2D eigenvalue weighted by molar-refractivity contribution is 5.27. The van der Waals surface area contributed by atoms with E-state index in [1.165, 1.54) is 16.7 Å². The second-order valence-electron chi connectivity index (χ2n) is 4.40. The van der Waals surface area contributed by atoms with Crippen LogP contribution in [0.4, 0.5) is 0 Å². The van der Waals surface area contributed by atoms with Gasteiger partial charge in [-0.3, -0.25) is 0 Å². The summed E-state index contributed by atoms with van der Waals surface area (Å²) in [5.41, 5.74) is 3.86. The van der Waals surface area contributed by atoms with E-state index in [2.05, 4.69) is 50.2 Å². The summed E-state index contributed by atoms with van der Waals surface area (Å²) < 4.78 is 5.72. The summed E-state index contributed by atoms with van der Waals surface area (Å²) in [5.74, 6) is 0.956. The van der Waals surface area contributed by atoms with Crippen LogP contribution in [0.3, 0.4) is 0 Å². The Balaban J connectivity index is 1.85. The molecular formula is C16H18O. The number of ether oxygens (including phenoxy) is 1. The van der Waals surface area contributed by atoms with Gasteiger partial charge in [-0.05, 0) is 37.1 Å². The zero-order chi connectivity index (χ0) is 12.1. The van der Waals surface area contributed by atoms with Crippen LogP contribution in [0.2, 0.25) is 0 Å². The molecule has 0 aliphatic carbocycles. The number of hydrogen-bond donors (Lipinski definition) is 0. The van der Waals surface area contributed by atoms with Crippen molar-refractivity contribution in [3.8, 4) is 5.75 Å². The lowest BCUT2D eigenvalue weighted by atomic mass is 10.1. The van der Waals surface area contributed by atoms with Crippen LogP contribution in [0.1, 0.15) is 16.7 Å². The molecule has 0 amide bonds. The molecule has 0 aromatic heterocycles. The Morgan fingerprint density at radius 3 is 2.35 bits per heavy atom. The van der Waals surface area contributed by atoms with E-state index in [0.29, 0.717) is 0 Å². The monoisotopic (exact) mass is 226 g/mol. The third-order valence-electron chi connectivity index (χ3n) is 2.77. The largest absolute Gasteiger partial charge is 0.493 e. The van der Waals surface area contributed by atoms with Gasteiger partial charge < -0.3 is 4.74 Å². The van der Waals surface area contributed by atoms with Crippen LogP contribution in [-0.4, -0.2) is 6.61 Å². The van der Waals surface area contributed by atoms with E-state index < -0.39 is 0 Å². The number of rotatable bonds is 4. The van der Waals surface area contributed by atoms with Crippen molar-refractivity contribution in [3.63, 3.8) is 0 Å². The van der Waals surface area contributed by atoms with Gasteiger partial charge in [-0.15, -0.1) is 0 Å². The van der Waals surface area contributed by atoms with Gasteiger partial charge in [-0.25, -0.2) is 0 Å². The molecule has 0 aliphatic heterocycles. The lowest BCUT2D eigenvalue weighted by Crippen LogP contribution is -2.01. The van der Waals surface area contributed by atoms with Crippen LogP contribution in [-0.2, 0) is 6.42 Å². The van der Waals surface area contributed by atoms with E-state index in [1.807, 2.05) is 12.1 Å². The summed E-state index contributed by atoms with van der Waals surface area (Å²) in [6.07, 6.45) is 0.953. The molecule has 0 spiro atoms. The van der Waals surface area contributed by atoms with Gasteiger partial charge in [0.25, 0.3) is 0 Å². The van der Waals surface area contributed by atoms with E-state index in [4.69, 9.17) is 4.74 Å². The van der Waals surface area contributed by atoms with Crippen LogP contribution >= 0.6 is 0 Å². The summed E-state index contributed by atoms with van der Waals surface area (Å²) in [5, 5.41) is 0. The normalized spacial score (nSPS) is 10.2. The molecule has 0 atom stereocenters. The molecule has 0 fully saturated rings. The van der Waals surface area contributed by atoms with E-state index in [0.717, 1.165) is 18.8 Å². The van der Waals surface area contributed by atoms with E-state index >= 15 is 0 Å². The summed E-state index contributed by atoms with van der Waals surface area (Å²) in [7, 11) is 0. The third kappa shape index (κ3) is 3.63. The first-order valence-electron chi connectivity index (χ1n) is 5.99. The molecule has 0 heterocycles. The van der Waals surface area contributed by atoms with Gasteiger partial charge in [0.05, 0.1) is 6.61 Å². The first kappa shape index (κ1) is 11.7. The average Bonchev–Trinajstić information content (AvgIpc) is 2.32. The SMILES string of the molecule is Cc1ccc(CCOc2cccc(C)c2)cc1. The molecule has 0 unspecified atom stereocenters. The Morgan fingerprint density at radius 2 is 1.65 bits per heavy atom. The Morgan fingerprint density at radius 1 is 0.882 bits per heavy atom. The highest BCUT2D eigenvalue weighted by atomic mass is 16.5. The molecule has 0 bridgehead atoms. The minimum atomic E-state index is 0.729. The predicted molar refractivity (Wildman–Crippen MR) is 71.6 cm³/mol. The quantitative estimate of drug-likeness (QED) is 0.767. The fourth-order valence-electron chi connectivity index (χ4n) is 1.75. The van der Waals surface area contributed by atoms with Crippen LogP contribution in [0, 0.1) is 13.8 Å². The fourth-order valence-corrected chi connectivity index (χ4v) is 1.75. The summed E-state index contributed by atoms with van der Waals surface area (Å²) in [6, 6.07) is 16.8. The molecule has 0 saturated heterocycles. The van der Waals surface area contributed by atoms with E-state index in [-0.39, 0.29) is 0 Å². The number of benzene rings is 2. The van der Waals surface area contributed by atoms with Crippen LogP contribution in [0.5, 0.6) is 5.75 Å². The van der Waals surface area contributed by atoms with E-state index in [1.54, 1.807) is 0 Å². The molecule has 88 valence electrons. The Bertz CT molecular complexity index is 471. The van der Waals surface area contributed by atoms with Gasteiger partial charge in [-0.2, -0.15) is 0 Å². The smallest absolute Gasteiger partial charge is 0.119 e. The molecule has 0 N–H and O–H groups in total. The minimum Gasteiger partial charge on any atom is -0.493 e. The molecule has 2 aromatic carbocycles. The minimum absolute atomic E-state index is 0.729. The zero-order valence-corrected chi connectivity index (χ0v) is 10.4. The molecule has 0 radical (unpaired) electrons. The van der Waals surface area contributed by atoms with Crippen molar-refractivity contribution in [2.75, 3.05) is 6.61 Å². The van der Waals surface area contributed by atoms with E-state index in [9.17, 15) is 0 Å². The first-order valence-corrected chi connectivity index (χ1v) is 5.99. The van der Waals surface area contributed by atoms with Gasteiger partial charge >= 0.3 is 0 Å². The highest BCUT2D eigenvalue weighted by Gasteiger charge is 1.96. The van der Waals surface area contributed by atoms with Crippen molar-refractivity contribution in [2.24, 2.45) is 0 Å². The Hall–Kier alpha value is -1.76. The molecule has 1 nitrogen and oxygen atoms in total. The van der Waals surface area contributed by atoms with Crippen LogP contribution in [0.15, 0.2) is 48.5 Å². The maximum Gasteiger partial charge on any atom is 0.119 e. The standard InChI is InChI=1S/C16H18O/c1-13-6-8-15(9-7-13)10-11-17-16-5-3-4-14(2)12-16/h3-9,12H,10-11H2,1-2H3. The second kappa shape index (κ2) is 5.53. The summed E-state index contributed by atoms with van der Waals surface area (Å²) in [6.45, 7) is 4.91. The van der Waals surface area contributed by atoms with Crippen molar-refractivity contribution in [1.82, 2.24) is 0 Å². The van der Waals surface area contributed by atoms with Gasteiger partial charge in [0.2, 0.25) is 0 Å². The molecular weight excluding hydrogens is 208 g/mol. The van der Waals surface area contributed by atoms with Crippen LogP contribution in [0.25, 0.3) is 0 Å². The van der Waals surface area contributed by atoms with Crippen LogP contribution < -0.4 is 4.74 Å². The zero-order valence-electron chi connectivity index (χ0n) is 10.4. The predicted octanol–water partition coefficient (Wildman–Crippen LogP) is 3.92. The Labute approximate surface area is 103 Å². The molecule has 1 heteroatoms. The maximum atomic E-state index is 5.72. The molecule has 0 aliphatic rings. The van der Waals surface area contributed by atoms with Crippen molar-refractivity contribution in [2.45, 2.75) is 20.3 Å². The van der Waals surface area contributed by atoms with Crippen molar-refractivity contribution in [1.29, 1.82) is 0 Å². The molecule has 2 aromatic rings.